The first kappa shape index (κ1) is 18.8. The van der Waals surface area contributed by atoms with Crippen LogP contribution in [0.2, 0.25) is 0 Å². The molecular formula is C20H22N2O5. The zero-order chi connectivity index (χ0) is 19.3. The van der Waals surface area contributed by atoms with E-state index in [1.807, 2.05) is 18.2 Å². The van der Waals surface area contributed by atoms with Gasteiger partial charge in [0.1, 0.15) is 5.75 Å². The third-order valence-corrected chi connectivity index (χ3v) is 4.72. The van der Waals surface area contributed by atoms with Crippen molar-refractivity contribution in [2.75, 3.05) is 20.3 Å². The van der Waals surface area contributed by atoms with Crippen LogP contribution in [0.25, 0.3) is 11.3 Å². The number of pyridine rings is 1. The van der Waals surface area contributed by atoms with E-state index < -0.39 is 11.5 Å². The van der Waals surface area contributed by atoms with Gasteiger partial charge in [0.15, 0.2) is 0 Å². The zero-order valence-corrected chi connectivity index (χ0v) is 15.1. The summed E-state index contributed by atoms with van der Waals surface area (Å²) in [6.07, 6.45) is 2.47. The maximum absolute atomic E-state index is 12.9. The minimum atomic E-state index is -0.943. The van der Waals surface area contributed by atoms with Gasteiger partial charge in [-0.25, -0.2) is 0 Å². The van der Waals surface area contributed by atoms with E-state index in [-0.39, 0.29) is 12.3 Å². The number of methoxy groups -OCH3 is 1. The van der Waals surface area contributed by atoms with Crippen LogP contribution in [0.3, 0.4) is 0 Å². The Labute approximate surface area is 157 Å². The predicted octanol–water partition coefficient (Wildman–Crippen LogP) is 2.51. The Hall–Kier alpha value is -2.93. The van der Waals surface area contributed by atoms with Crippen molar-refractivity contribution in [3.63, 3.8) is 0 Å². The van der Waals surface area contributed by atoms with Gasteiger partial charge in [0.05, 0.1) is 24.8 Å². The number of hydrogen-bond acceptors (Lipinski definition) is 5. The summed E-state index contributed by atoms with van der Waals surface area (Å²) in [5, 5.41) is 12.2. The second-order valence-electron chi connectivity index (χ2n) is 6.55. The first-order valence-corrected chi connectivity index (χ1v) is 8.74. The first-order chi connectivity index (χ1) is 13.0. The molecule has 0 spiro atoms. The lowest BCUT2D eigenvalue weighted by atomic mass is 9.86. The molecule has 1 aliphatic heterocycles. The molecule has 1 aliphatic rings. The third kappa shape index (κ3) is 4.43. The first-order valence-electron chi connectivity index (χ1n) is 8.74. The molecule has 0 unspecified atom stereocenters. The lowest BCUT2D eigenvalue weighted by Gasteiger charge is -2.36. The number of amides is 1. The van der Waals surface area contributed by atoms with Gasteiger partial charge in [0, 0.05) is 30.5 Å². The third-order valence-electron chi connectivity index (χ3n) is 4.72. The van der Waals surface area contributed by atoms with Crippen molar-refractivity contribution in [1.29, 1.82) is 0 Å². The summed E-state index contributed by atoms with van der Waals surface area (Å²) in [4.78, 5) is 28.5. The monoisotopic (exact) mass is 370 g/mol. The Bertz CT molecular complexity index is 816. The molecule has 1 saturated heterocycles. The van der Waals surface area contributed by atoms with Gasteiger partial charge in [0.25, 0.3) is 5.91 Å². The van der Waals surface area contributed by atoms with Crippen LogP contribution in [0, 0.1) is 0 Å². The number of hydrogen-bond donors (Lipinski definition) is 2. The average Bonchev–Trinajstić information content (AvgIpc) is 2.68. The smallest absolute Gasteiger partial charge is 0.305 e. The van der Waals surface area contributed by atoms with E-state index >= 15 is 0 Å². The summed E-state index contributed by atoms with van der Waals surface area (Å²) < 4.78 is 10.7. The molecule has 0 bridgehead atoms. The van der Waals surface area contributed by atoms with Gasteiger partial charge in [-0.05, 0) is 43.2 Å². The number of aliphatic carboxylic acids is 1. The number of rotatable bonds is 6. The highest BCUT2D eigenvalue weighted by Gasteiger charge is 2.36. The van der Waals surface area contributed by atoms with Gasteiger partial charge in [-0.2, -0.15) is 0 Å². The molecule has 0 saturated carbocycles. The molecular weight excluding hydrogens is 348 g/mol. The fourth-order valence-electron chi connectivity index (χ4n) is 3.28. The van der Waals surface area contributed by atoms with E-state index in [0.717, 1.165) is 0 Å². The molecule has 27 heavy (non-hydrogen) atoms. The molecule has 3 rings (SSSR count). The molecule has 1 aromatic carbocycles. The summed E-state index contributed by atoms with van der Waals surface area (Å²) in [7, 11) is 1.56. The van der Waals surface area contributed by atoms with Gasteiger partial charge >= 0.3 is 5.97 Å². The molecule has 0 radical (unpaired) electrons. The van der Waals surface area contributed by atoms with Crippen molar-refractivity contribution in [2.24, 2.45) is 0 Å². The van der Waals surface area contributed by atoms with Crippen molar-refractivity contribution in [2.45, 2.75) is 24.8 Å². The normalized spacial score (nSPS) is 15.7. The molecule has 1 amide bonds. The standard InChI is InChI=1S/C20H22N2O5/c1-26-17-6-5-14(12-15(17)16-4-2-3-9-21-16)19(25)22-20(13-18(23)24)7-10-27-11-8-20/h2-6,9,12H,7-8,10-11,13H2,1H3,(H,22,25)(H,23,24). The maximum atomic E-state index is 12.9. The number of aromatic nitrogens is 1. The van der Waals surface area contributed by atoms with E-state index in [1.54, 1.807) is 31.5 Å². The van der Waals surface area contributed by atoms with Gasteiger partial charge < -0.3 is 19.9 Å². The molecule has 0 atom stereocenters. The van der Waals surface area contributed by atoms with E-state index in [4.69, 9.17) is 9.47 Å². The SMILES string of the molecule is COc1ccc(C(=O)NC2(CC(=O)O)CCOCC2)cc1-c1ccccn1. The summed E-state index contributed by atoms with van der Waals surface area (Å²) >= 11 is 0. The van der Waals surface area contributed by atoms with Crippen molar-refractivity contribution < 1.29 is 24.2 Å². The fraction of sp³-hybridized carbons (Fsp3) is 0.350. The number of carboxylic acids is 1. The highest BCUT2D eigenvalue weighted by molar-refractivity contribution is 5.96. The minimum Gasteiger partial charge on any atom is -0.496 e. The van der Waals surface area contributed by atoms with Crippen LogP contribution in [0.15, 0.2) is 42.6 Å². The Morgan fingerprint density at radius 2 is 2.04 bits per heavy atom. The van der Waals surface area contributed by atoms with Crippen LogP contribution in [0.5, 0.6) is 5.75 Å². The fourth-order valence-corrected chi connectivity index (χ4v) is 3.28. The number of benzene rings is 1. The second-order valence-corrected chi connectivity index (χ2v) is 6.55. The van der Waals surface area contributed by atoms with Crippen LogP contribution in [-0.4, -0.2) is 47.8 Å². The summed E-state index contributed by atoms with van der Waals surface area (Å²) in [5.74, 6) is -0.657. The van der Waals surface area contributed by atoms with Crippen LogP contribution in [0.4, 0.5) is 0 Å². The molecule has 142 valence electrons. The summed E-state index contributed by atoms with van der Waals surface area (Å²) in [5.41, 5.74) is 1.01. The number of ether oxygens (including phenoxy) is 2. The second kappa shape index (κ2) is 8.18. The van der Waals surface area contributed by atoms with Gasteiger partial charge in [-0.15, -0.1) is 0 Å². The van der Waals surface area contributed by atoms with Crippen molar-refractivity contribution in [1.82, 2.24) is 10.3 Å². The van der Waals surface area contributed by atoms with Crippen LogP contribution < -0.4 is 10.1 Å². The molecule has 1 aromatic heterocycles. The van der Waals surface area contributed by atoms with Crippen LogP contribution >= 0.6 is 0 Å². The molecule has 1 fully saturated rings. The van der Waals surface area contributed by atoms with Crippen molar-refractivity contribution >= 4 is 11.9 Å². The number of carbonyl (C=O) groups is 2. The van der Waals surface area contributed by atoms with Gasteiger partial charge in [0.2, 0.25) is 0 Å². The van der Waals surface area contributed by atoms with E-state index in [1.165, 1.54) is 0 Å². The van der Waals surface area contributed by atoms with Crippen LogP contribution in [0.1, 0.15) is 29.6 Å². The number of carboxylic acid groups (broad SMARTS) is 1. The molecule has 2 N–H and O–H groups in total. The Morgan fingerprint density at radius 1 is 1.26 bits per heavy atom. The van der Waals surface area contributed by atoms with Gasteiger partial charge in [-0.1, -0.05) is 6.07 Å². The minimum absolute atomic E-state index is 0.134. The highest BCUT2D eigenvalue weighted by Crippen LogP contribution is 2.30. The van der Waals surface area contributed by atoms with Gasteiger partial charge in [-0.3, -0.25) is 14.6 Å². The summed E-state index contributed by atoms with van der Waals surface area (Å²) in [6, 6.07) is 10.6. The Kier molecular flexibility index (Phi) is 5.71. The van der Waals surface area contributed by atoms with Crippen molar-refractivity contribution in [3.05, 3.63) is 48.2 Å². The number of carbonyl (C=O) groups excluding carboxylic acids is 1. The molecule has 7 heteroatoms. The van der Waals surface area contributed by atoms with Crippen molar-refractivity contribution in [3.8, 4) is 17.0 Å². The highest BCUT2D eigenvalue weighted by atomic mass is 16.5. The molecule has 2 aromatic rings. The molecule has 2 heterocycles. The Balaban J connectivity index is 1.89. The predicted molar refractivity (Wildman–Crippen MR) is 98.7 cm³/mol. The van der Waals surface area contributed by atoms with E-state index in [9.17, 15) is 14.7 Å². The molecule has 0 aliphatic carbocycles. The average molecular weight is 370 g/mol. The number of nitrogens with zero attached hydrogens (tertiary/aromatic N) is 1. The lowest BCUT2D eigenvalue weighted by molar-refractivity contribution is -0.139. The topological polar surface area (TPSA) is 97.8 Å². The van der Waals surface area contributed by atoms with E-state index in [2.05, 4.69) is 10.3 Å². The Morgan fingerprint density at radius 3 is 2.67 bits per heavy atom. The van der Waals surface area contributed by atoms with Crippen LogP contribution in [-0.2, 0) is 9.53 Å². The molecule has 7 nitrogen and oxygen atoms in total. The zero-order valence-electron chi connectivity index (χ0n) is 15.1. The quantitative estimate of drug-likeness (QED) is 0.811. The van der Waals surface area contributed by atoms with E-state index in [0.29, 0.717) is 48.6 Å². The summed E-state index contributed by atoms with van der Waals surface area (Å²) in [6.45, 7) is 0.852. The lowest BCUT2D eigenvalue weighted by Crippen LogP contribution is -2.53. The maximum Gasteiger partial charge on any atom is 0.305 e. The largest absolute Gasteiger partial charge is 0.496 e. The number of nitrogens with one attached hydrogen (secondary N) is 1.